The van der Waals surface area contributed by atoms with Gasteiger partial charge in [0, 0.05) is 30.4 Å². The monoisotopic (exact) mass is 230 g/mol. The molecule has 1 saturated heterocycles. The Labute approximate surface area is 91.7 Å². The number of likely N-dealkylation sites (tertiary alicyclic amines) is 1. The van der Waals surface area contributed by atoms with Crippen LogP contribution in [0.1, 0.15) is 11.4 Å². The fourth-order valence-electron chi connectivity index (χ4n) is 1.60. The van der Waals surface area contributed by atoms with Crippen LogP contribution in [0.15, 0.2) is 11.6 Å². The van der Waals surface area contributed by atoms with Gasteiger partial charge in [-0.3, -0.25) is 4.79 Å². The van der Waals surface area contributed by atoms with Crippen molar-refractivity contribution in [1.29, 1.82) is 0 Å². The number of amides is 1. The molecule has 0 aromatic carbocycles. The van der Waals surface area contributed by atoms with E-state index in [0.29, 0.717) is 24.8 Å². The Bertz CT molecular complexity index is 315. The van der Waals surface area contributed by atoms with Crippen LogP contribution in [0.2, 0.25) is 0 Å². The first-order valence-corrected chi connectivity index (χ1v) is 5.93. The maximum absolute atomic E-state index is 11.5. The number of nitrogens with zero attached hydrogens (tertiary/aromatic N) is 2. The van der Waals surface area contributed by atoms with E-state index in [4.69, 9.17) is 11.6 Å². The van der Waals surface area contributed by atoms with Crippen LogP contribution in [0.3, 0.4) is 0 Å². The lowest BCUT2D eigenvalue weighted by atomic mass is 10.2. The van der Waals surface area contributed by atoms with Gasteiger partial charge in [0.15, 0.2) is 0 Å². The van der Waals surface area contributed by atoms with Gasteiger partial charge in [0.1, 0.15) is 5.01 Å². The van der Waals surface area contributed by atoms with Gasteiger partial charge in [-0.1, -0.05) is 0 Å². The number of thiazole rings is 1. The molecule has 3 nitrogen and oxygen atoms in total. The average Bonchev–Trinajstić information content (AvgIpc) is 2.78. The highest BCUT2D eigenvalue weighted by Crippen LogP contribution is 2.21. The average molecular weight is 231 g/mol. The lowest BCUT2D eigenvalue weighted by Crippen LogP contribution is -2.24. The topological polar surface area (TPSA) is 33.2 Å². The van der Waals surface area contributed by atoms with Crippen molar-refractivity contribution < 1.29 is 4.79 Å². The van der Waals surface area contributed by atoms with Gasteiger partial charge in [0.2, 0.25) is 5.91 Å². The van der Waals surface area contributed by atoms with Gasteiger partial charge >= 0.3 is 0 Å². The molecule has 76 valence electrons. The number of aromatic nitrogens is 1. The third-order valence-electron chi connectivity index (χ3n) is 2.32. The summed E-state index contributed by atoms with van der Waals surface area (Å²) in [4.78, 5) is 17.5. The third-order valence-corrected chi connectivity index (χ3v) is 3.52. The van der Waals surface area contributed by atoms with Crippen molar-refractivity contribution in [3.63, 3.8) is 0 Å². The van der Waals surface area contributed by atoms with Crippen molar-refractivity contribution in [3.05, 3.63) is 16.6 Å². The summed E-state index contributed by atoms with van der Waals surface area (Å²) in [5, 5.41) is 2.92. The molecule has 1 aromatic rings. The summed E-state index contributed by atoms with van der Waals surface area (Å²) in [7, 11) is 0. The second kappa shape index (κ2) is 4.28. The van der Waals surface area contributed by atoms with Gasteiger partial charge in [-0.15, -0.1) is 22.9 Å². The zero-order valence-corrected chi connectivity index (χ0v) is 9.22. The highest BCUT2D eigenvalue weighted by atomic mass is 35.5. The highest BCUT2D eigenvalue weighted by molar-refractivity contribution is 7.09. The first-order valence-electron chi connectivity index (χ1n) is 4.51. The molecule has 14 heavy (non-hydrogen) atoms. The lowest BCUT2D eigenvalue weighted by molar-refractivity contribution is -0.128. The van der Waals surface area contributed by atoms with E-state index < -0.39 is 0 Å². The van der Waals surface area contributed by atoms with Crippen LogP contribution in [0.5, 0.6) is 0 Å². The van der Waals surface area contributed by atoms with Crippen molar-refractivity contribution in [2.45, 2.75) is 13.0 Å². The van der Waals surface area contributed by atoms with Crippen LogP contribution < -0.4 is 0 Å². The van der Waals surface area contributed by atoms with Gasteiger partial charge in [0.05, 0.1) is 6.54 Å². The van der Waals surface area contributed by atoms with E-state index in [1.54, 1.807) is 17.5 Å². The zero-order chi connectivity index (χ0) is 9.97. The van der Waals surface area contributed by atoms with Crippen LogP contribution in [0, 0.1) is 5.92 Å². The fraction of sp³-hybridized carbons (Fsp3) is 0.556. The number of hydrogen-bond acceptors (Lipinski definition) is 3. The molecular weight excluding hydrogens is 220 g/mol. The van der Waals surface area contributed by atoms with Gasteiger partial charge in [-0.2, -0.15) is 0 Å². The summed E-state index contributed by atoms with van der Waals surface area (Å²) in [6.07, 6.45) is 2.36. The van der Waals surface area contributed by atoms with Crippen molar-refractivity contribution in [2.24, 2.45) is 5.92 Å². The van der Waals surface area contributed by atoms with Gasteiger partial charge in [-0.25, -0.2) is 4.98 Å². The number of carbonyl (C=O) groups is 1. The molecule has 0 radical (unpaired) electrons. The van der Waals surface area contributed by atoms with Crippen molar-refractivity contribution in [2.75, 3.05) is 12.4 Å². The minimum atomic E-state index is 0.200. The van der Waals surface area contributed by atoms with E-state index in [0.717, 1.165) is 11.6 Å². The van der Waals surface area contributed by atoms with Crippen molar-refractivity contribution >= 4 is 28.8 Å². The summed E-state index contributed by atoms with van der Waals surface area (Å²) in [6, 6.07) is 0. The molecule has 1 unspecified atom stereocenters. The van der Waals surface area contributed by atoms with E-state index in [1.807, 2.05) is 10.3 Å². The molecule has 5 heteroatoms. The van der Waals surface area contributed by atoms with E-state index in [1.165, 1.54) is 0 Å². The molecule has 2 heterocycles. The molecule has 0 N–H and O–H groups in total. The number of rotatable bonds is 3. The van der Waals surface area contributed by atoms with Crippen molar-refractivity contribution in [3.8, 4) is 0 Å². The maximum atomic E-state index is 11.5. The second-order valence-electron chi connectivity index (χ2n) is 3.42. The molecule has 0 bridgehead atoms. The normalized spacial score (nSPS) is 21.9. The standard InChI is InChI=1S/C9H11ClN2OS/c10-4-7-3-9(13)12(5-7)6-8-11-1-2-14-8/h1-2,7H,3-6H2. The zero-order valence-electron chi connectivity index (χ0n) is 7.65. The number of carbonyl (C=O) groups excluding carboxylic acids is 1. The first kappa shape index (κ1) is 9.93. The predicted octanol–water partition coefficient (Wildman–Crippen LogP) is 1.73. The van der Waals surface area contributed by atoms with E-state index in [-0.39, 0.29) is 5.91 Å². The van der Waals surface area contributed by atoms with Crippen molar-refractivity contribution in [1.82, 2.24) is 9.88 Å². The maximum Gasteiger partial charge on any atom is 0.223 e. The first-order chi connectivity index (χ1) is 6.79. The summed E-state index contributed by atoms with van der Waals surface area (Å²) in [5.41, 5.74) is 0. The molecule has 1 amide bonds. The smallest absolute Gasteiger partial charge is 0.223 e. The van der Waals surface area contributed by atoms with Crippen LogP contribution in [-0.4, -0.2) is 28.2 Å². The minimum absolute atomic E-state index is 0.200. The van der Waals surface area contributed by atoms with Crippen LogP contribution in [0.25, 0.3) is 0 Å². The van der Waals surface area contributed by atoms with E-state index in [9.17, 15) is 4.79 Å². The van der Waals surface area contributed by atoms with Gasteiger partial charge in [-0.05, 0) is 5.92 Å². The van der Waals surface area contributed by atoms with Gasteiger partial charge in [0.25, 0.3) is 0 Å². The Hall–Kier alpha value is -0.610. The number of alkyl halides is 1. The second-order valence-corrected chi connectivity index (χ2v) is 4.71. The number of hydrogen-bond donors (Lipinski definition) is 0. The number of halogens is 1. The van der Waals surface area contributed by atoms with Crippen LogP contribution in [-0.2, 0) is 11.3 Å². The Kier molecular flexibility index (Phi) is 3.03. The van der Waals surface area contributed by atoms with Crippen LogP contribution in [0.4, 0.5) is 0 Å². The predicted molar refractivity (Wildman–Crippen MR) is 56.4 cm³/mol. The summed E-state index contributed by atoms with van der Waals surface area (Å²) in [6.45, 7) is 1.42. The Morgan fingerprint density at radius 1 is 1.71 bits per heavy atom. The molecule has 1 aliphatic rings. The molecule has 1 fully saturated rings. The van der Waals surface area contributed by atoms with E-state index in [2.05, 4.69) is 4.98 Å². The summed E-state index contributed by atoms with van der Waals surface area (Å²) >= 11 is 7.31. The van der Waals surface area contributed by atoms with Gasteiger partial charge < -0.3 is 4.90 Å². The molecular formula is C9H11ClN2OS. The SMILES string of the molecule is O=C1CC(CCl)CN1Cc1nccs1. The Morgan fingerprint density at radius 3 is 3.14 bits per heavy atom. The largest absolute Gasteiger partial charge is 0.336 e. The molecule has 0 aliphatic carbocycles. The summed E-state index contributed by atoms with van der Waals surface area (Å²) < 4.78 is 0. The Balaban J connectivity index is 1.96. The quantitative estimate of drug-likeness (QED) is 0.741. The lowest BCUT2D eigenvalue weighted by Gasteiger charge is -2.13. The van der Waals surface area contributed by atoms with Crippen LogP contribution >= 0.6 is 22.9 Å². The Morgan fingerprint density at radius 2 is 2.57 bits per heavy atom. The molecule has 1 aromatic heterocycles. The molecule has 1 atom stereocenters. The third kappa shape index (κ3) is 2.07. The summed E-state index contributed by atoms with van der Waals surface area (Å²) in [5.74, 6) is 1.09. The molecule has 0 spiro atoms. The molecule has 0 saturated carbocycles. The minimum Gasteiger partial charge on any atom is -0.336 e. The molecule has 2 rings (SSSR count). The molecule has 1 aliphatic heterocycles. The van der Waals surface area contributed by atoms with E-state index >= 15 is 0 Å². The fourth-order valence-corrected chi connectivity index (χ4v) is 2.44. The highest BCUT2D eigenvalue weighted by Gasteiger charge is 2.29.